The summed E-state index contributed by atoms with van der Waals surface area (Å²) in [6, 6.07) is 6.54. The van der Waals surface area contributed by atoms with Crippen LogP contribution in [0.3, 0.4) is 0 Å². The fourth-order valence-electron chi connectivity index (χ4n) is 4.02. The molecule has 104 valence electrons. The maximum Gasteiger partial charge on any atom is 0.0624 e. The van der Waals surface area contributed by atoms with Crippen molar-refractivity contribution in [3.8, 4) is 0 Å². The average molecular weight is 298 g/mol. The zero-order valence-corrected chi connectivity index (χ0v) is 12.8. The molecule has 1 aromatic carbocycles. The van der Waals surface area contributed by atoms with Crippen LogP contribution < -0.4 is 5.32 Å². The molecule has 3 atom stereocenters. The minimum atomic E-state index is 0.566. The third-order valence-corrected chi connectivity index (χ3v) is 5.73. The minimum Gasteiger partial charge on any atom is -0.314 e. The van der Waals surface area contributed by atoms with Crippen molar-refractivity contribution in [3.05, 3.63) is 33.8 Å². The van der Waals surface area contributed by atoms with Crippen molar-refractivity contribution < 1.29 is 0 Å². The van der Waals surface area contributed by atoms with Gasteiger partial charge in [-0.3, -0.25) is 0 Å². The Hall–Kier alpha value is -0.240. The van der Waals surface area contributed by atoms with Crippen LogP contribution in [0.1, 0.15) is 31.7 Å². The van der Waals surface area contributed by atoms with Crippen LogP contribution in [-0.2, 0) is 6.42 Å². The Kier molecular flexibility index (Phi) is 4.07. The maximum atomic E-state index is 6.32. The lowest BCUT2D eigenvalue weighted by atomic mass is 9.97. The van der Waals surface area contributed by atoms with Crippen LogP contribution in [0.4, 0.5) is 0 Å². The third-order valence-electron chi connectivity index (χ3n) is 4.88. The van der Waals surface area contributed by atoms with Gasteiger partial charge in [0, 0.05) is 6.04 Å². The monoisotopic (exact) mass is 297 g/mol. The average Bonchev–Trinajstić information content (AvgIpc) is 2.87. The van der Waals surface area contributed by atoms with Crippen LogP contribution in [0.15, 0.2) is 18.2 Å². The number of halogens is 2. The number of likely N-dealkylation sites (N-methyl/N-ethyl adjacent to an activating group) is 1. The molecule has 19 heavy (non-hydrogen) atoms. The Morgan fingerprint density at radius 3 is 2.68 bits per heavy atom. The Morgan fingerprint density at radius 1 is 1.26 bits per heavy atom. The highest BCUT2D eigenvalue weighted by atomic mass is 35.5. The summed E-state index contributed by atoms with van der Waals surface area (Å²) in [4.78, 5) is 0. The van der Waals surface area contributed by atoms with E-state index in [1.54, 1.807) is 0 Å². The highest BCUT2D eigenvalue weighted by molar-refractivity contribution is 6.42. The van der Waals surface area contributed by atoms with Gasteiger partial charge in [-0.25, -0.2) is 0 Å². The Balaban J connectivity index is 1.73. The third kappa shape index (κ3) is 2.66. The molecule has 2 aliphatic carbocycles. The fraction of sp³-hybridized carbons (Fsp3) is 0.625. The topological polar surface area (TPSA) is 12.0 Å². The largest absolute Gasteiger partial charge is 0.314 e. The summed E-state index contributed by atoms with van der Waals surface area (Å²) >= 11 is 12.4. The SMILES string of the molecule is CCNC(Cc1cccc(Cl)c1Cl)C1C2CCCC21. The van der Waals surface area contributed by atoms with Crippen LogP contribution >= 0.6 is 23.2 Å². The molecule has 0 radical (unpaired) electrons. The van der Waals surface area contributed by atoms with E-state index in [0.29, 0.717) is 11.1 Å². The van der Waals surface area contributed by atoms with Crippen LogP contribution in [0.2, 0.25) is 10.0 Å². The van der Waals surface area contributed by atoms with Crippen molar-refractivity contribution in [2.45, 2.75) is 38.6 Å². The summed E-state index contributed by atoms with van der Waals surface area (Å²) in [6.45, 7) is 3.21. The molecule has 0 aliphatic heterocycles. The molecular weight excluding hydrogens is 277 g/mol. The van der Waals surface area contributed by atoms with Gasteiger partial charge >= 0.3 is 0 Å². The van der Waals surface area contributed by atoms with E-state index in [9.17, 15) is 0 Å². The van der Waals surface area contributed by atoms with Crippen LogP contribution in [-0.4, -0.2) is 12.6 Å². The van der Waals surface area contributed by atoms with E-state index < -0.39 is 0 Å². The van der Waals surface area contributed by atoms with E-state index >= 15 is 0 Å². The fourth-order valence-corrected chi connectivity index (χ4v) is 4.42. The zero-order valence-electron chi connectivity index (χ0n) is 11.3. The van der Waals surface area contributed by atoms with Gasteiger partial charge in [-0.05, 0) is 55.2 Å². The Bertz CT molecular complexity index is 450. The first-order valence-electron chi connectivity index (χ1n) is 7.38. The van der Waals surface area contributed by atoms with E-state index in [0.717, 1.165) is 35.7 Å². The van der Waals surface area contributed by atoms with E-state index in [1.807, 2.05) is 12.1 Å². The predicted octanol–water partition coefficient (Wildman–Crippen LogP) is 4.56. The molecule has 2 aliphatic rings. The lowest BCUT2D eigenvalue weighted by Crippen LogP contribution is -2.34. The summed E-state index contributed by atoms with van der Waals surface area (Å²) in [5.41, 5.74) is 1.19. The number of hydrogen-bond donors (Lipinski definition) is 1. The lowest BCUT2D eigenvalue weighted by Gasteiger charge is -2.21. The van der Waals surface area contributed by atoms with Gasteiger partial charge in [-0.1, -0.05) is 48.7 Å². The minimum absolute atomic E-state index is 0.566. The van der Waals surface area contributed by atoms with Gasteiger partial charge in [-0.2, -0.15) is 0 Å². The molecule has 2 saturated carbocycles. The molecule has 0 spiro atoms. The molecule has 3 rings (SSSR count). The smallest absolute Gasteiger partial charge is 0.0624 e. The number of fused-ring (bicyclic) bond motifs is 1. The van der Waals surface area contributed by atoms with Crippen LogP contribution in [0.5, 0.6) is 0 Å². The van der Waals surface area contributed by atoms with Crippen molar-refractivity contribution in [3.63, 3.8) is 0 Å². The summed E-state index contributed by atoms with van der Waals surface area (Å²) in [5.74, 6) is 2.81. The summed E-state index contributed by atoms with van der Waals surface area (Å²) < 4.78 is 0. The zero-order chi connectivity index (χ0) is 13.4. The predicted molar refractivity (Wildman–Crippen MR) is 82.0 cm³/mol. The van der Waals surface area contributed by atoms with E-state index in [-0.39, 0.29) is 0 Å². The first-order valence-corrected chi connectivity index (χ1v) is 8.14. The number of rotatable bonds is 5. The van der Waals surface area contributed by atoms with Crippen molar-refractivity contribution in [2.24, 2.45) is 17.8 Å². The van der Waals surface area contributed by atoms with Crippen LogP contribution in [0, 0.1) is 17.8 Å². The quantitative estimate of drug-likeness (QED) is 0.840. The summed E-state index contributed by atoms with van der Waals surface area (Å²) in [6.07, 6.45) is 5.30. The van der Waals surface area contributed by atoms with Crippen molar-refractivity contribution in [1.29, 1.82) is 0 Å². The second-order valence-corrected chi connectivity index (χ2v) is 6.70. The first kappa shape index (κ1) is 13.7. The number of nitrogens with one attached hydrogen (secondary N) is 1. The number of benzene rings is 1. The van der Waals surface area contributed by atoms with Crippen LogP contribution in [0.25, 0.3) is 0 Å². The second-order valence-electron chi connectivity index (χ2n) is 5.92. The lowest BCUT2D eigenvalue weighted by molar-refractivity contribution is 0.411. The summed E-state index contributed by atoms with van der Waals surface area (Å²) in [5, 5.41) is 5.07. The summed E-state index contributed by atoms with van der Waals surface area (Å²) in [7, 11) is 0. The van der Waals surface area contributed by atoms with E-state index in [4.69, 9.17) is 23.2 Å². The Morgan fingerprint density at radius 2 is 2.00 bits per heavy atom. The van der Waals surface area contributed by atoms with Gasteiger partial charge in [0.25, 0.3) is 0 Å². The molecule has 1 nitrogen and oxygen atoms in total. The van der Waals surface area contributed by atoms with E-state index in [1.165, 1.54) is 24.8 Å². The molecule has 0 saturated heterocycles. The molecule has 1 aromatic rings. The molecule has 0 heterocycles. The van der Waals surface area contributed by atoms with Crippen molar-refractivity contribution >= 4 is 23.2 Å². The standard InChI is InChI=1S/C16H21Cl2N/c1-2-19-14(15-11-6-4-7-12(11)15)9-10-5-3-8-13(17)16(10)18/h3,5,8,11-12,14-15,19H,2,4,6-7,9H2,1H3. The van der Waals surface area contributed by atoms with Gasteiger partial charge in [0.1, 0.15) is 0 Å². The molecular formula is C16H21Cl2N. The Labute approximate surface area is 125 Å². The molecule has 3 unspecified atom stereocenters. The molecule has 1 N–H and O–H groups in total. The van der Waals surface area contributed by atoms with Crippen molar-refractivity contribution in [2.75, 3.05) is 6.54 Å². The molecule has 0 bridgehead atoms. The van der Waals surface area contributed by atoms with Gasteiger partial charge in [0.15, 0.2) is 0 Å². The highest BCUT2D eigenvalue weighted by Gasteiger charge is 2.55. The van der Waals surface area contributed by atoms with E-state index in [2.05, 4.69) is 18.3 Å². The van der Waals surface area contributed by atoms with Gasteiger partial charge in [0.05, 0.1) is 10.0 Å². The van der Waals surface area contributed by atoms with Gasteiger partial charge in [-0.15, -0.1) is 0 Å². The first-order chi connectivity index (χ1) is 9.22. The highest BCUT2D eigenvalue weighted by Crippen LogP contribution is 2.59. The normalized spacial score (nSPS) is 30.2. The van der Waals surface area contributed by atoms with Crippen molar-refractivity contribution in [1.82, 2.24) is 5.32 Å². The van der Waals surface area contributed by atoms with Gasteiger partial charge < -0.3 is 5.32 Å². The maximum absolute atomic E-state index is 6.32. The molecule has 0 amide bonds. The van der Waals surface area contributed by atoms with Gasteiger partial charge in [0.2, 0.25) is 0 Å². The molecule has 2 fully saturated rings. The molecule has 3 heteroatoms. The second kappa shape index (κ2) is 5.63. The number of hydrogen-bond acceptors (Lipinski definition) is 1. The molecule has 0 aromatic heterocycles.